The minimum atomic E-state index is -0.697. The van der Waals surface area contributed by atoms with Gasteiger partial charge < -0.3 is 5.32 Å². The number of unbranched alkanes of at least 4 members (excludes halogenated alkanes) is 2. The van der Waals surface area contributed by atoms with E-state index in [0.717, 1.165) is 25.7 Å². The molecule has 0 fully saturated rings. The molecule has 0 aliphatic rings. The molecule has 1 N–H and O–H groups in total. The molecule has 0 saturated carbocycles. The molecule has 2 nitrogen and oxygen atoms in total. The van der Waals surface area contributed by atoms with Crippen molar-refractivity contribution in [3.8, 4) is 6.07 Å². The Hall–Kier alpha value is -1.56. The molecule has 92 valence electrons. The van der Waals surface area contributed by atoms with Crippen LogP contribution in [0.5, 0.6) is 0 Å². The molecule has 1 rings (SSSR count). The fourth-order valence-electron chi connectivity index (χ4n) is 1.73. The van der Waals surface area contributed by atoms with E-state index in [1.807, 2.05) is 6.92 Å². The van der Waals surface area contributed by atoms with Crippen molar-refractivity contribution in [3.05, 3.63) is 30.1 Å². The summed E-state index contributed by atoms with van der Waals surface area (Å²) in [6.45, 7) is 3.93. The quantitative estimate of drug-likeness (QED) is 0.752. The molecule has 0 spiro atoms. The summed E-state index contributed by atoms with van der Waals surface area (Å²) in [7, 11) is 0. The molecule has 0 radical (unpaired) electrons. The first-order valence-electron chi connectivity index (χ1n) is 6.05. The number of rotatable bonds is 6. The minimum absolute atomic E-state index is 0.315. The molecule has 0 aliphatic carbocycles. The summed E-state index contributed by atoms with van der Waals surface area (Å²) < 4.78 is 13.5. The number of anilines is 1. The maximum Gasteiger partial charge on any atom is 0.146 e. The van der Waals surface area contributed by atoms with E-state index in [4.69, 9.17) is 0 Å². The predicted molar refractivity (Wildman–Crippen MR) is 68.2 cm³/mol. The normalized spacial score (nSPS) is 13.8. The second-order valence-corrected chi connectivity index (χ2v) is 4.51. The molecule has 3 heteroatoms. The fraction of sp³-hybridized carbons (Fsp3) is 0.500. The summed E-state index contributed by atoms with van der Waals surface area (Å²) in [6.07, 6.45) is 3.91. The number of benzene rings is 1. The van der Waals surface area contributed by atoms with Crippen LogP contribution in [0.3, 0.4) is 0 Å². The van der Waals surface area contributed by atoms with Gasteiger partial charge in [0.25, 0.3) is 0 Å². The summed E-state index contributed by atoms with van der Waals surface area (Å²) in [6, 6.07) is 8.69. The molecule has 17 heavy (non-hydrogen) atoms. The second-order valence-electron chi connectivity index (χ2n) is 4.51. The van der Waals surface area contributed by atoms with Gasteiger partial charge in [0.2, 0.25) is 0 Å². The fourth-order valence-corrected chi connectivity index (χ4v) is 1.73. The van der Waals surface area contributed by atoms with Crippen molar-refractivity contribution in [2.75, 3.05) is 5.32 Å². The van der Waals surface area contributed by atoms with Gasteiger partial charge in [0, 0.05) is 0 Å². The Bertz CT molecular complexity index is 397. The molecule has 1 atom stereocenters. The molecular formula is C14H19FN2. The van der Waals surface area contributed by atoms with Crippen LogP contribution in [-0.4, -0.2) is 5.54 Å². The Morgan fingerprint density at radius 3 is 2.65 bits per heavy atom. The maximum absolute atomic E-state index is 13.5. The largest absolute Gasteiger partial charge is 0.365 e. The highest BCUT2D eigenvalue weighted by Gasteiger charge is 2.23. The molecular weight excluding hydrogens is 215 g/mol. The van der Waals surface area contributed by atoms with Crippen LogP contribution in [0.1, 0.15) is 39.5 Å². The van der Waals surface area contributed by atoms with E-state index < -0.39 is 5.54 Å². The minimum Gasteiger partial charge on any atom is -0.365 e. The van der Waals surface area contributed by atoms with E-state index in [1.54, 1.807) is 18.2 Å². The van der Waals surface area contributed by atoms with Gasteiger partial charge in [-0.1, -0.05) is 38.3 Å². The van der Waals surface area contributed by atoms with Crippen LogP contribution in [0, 0.1) is 17.1 Å². The molecule has 0 amide bonds. The second kappa shape index (κ2) is 6.24. The van der Waals surface area contributed by atoms with Crippen LogP contribution < -0.4 is 5.32 Å². The van der Waals surface area contributed by atoms with Crippen molar-refractivity contribution in [3.63, 3.8) is 0 Å². The summed E-state index contributed by atoms with van der Waals surface area (Å²) in [5, 5.41) is 12.2. The maximum atomic E-state index is 13.5. The zero-order chi connectivity index (χ0) is 12.7. The summed E-state index contributed by atoms with van der Waals surface area (Å²) in [5.74, 6) is -0.315. The lowest BCUT2D eigenvalue weighted by Gasteiger charge is -2.24. The topological polar surface area (TPSA) is 35.8 Å². The van der Waals surface area contributed by atoms with Crippen molar-refractivity contribution in [1.82, 2.24) is 0 Å². The predicted octanol–water partition coefficient (Wildman–Crippen LogP) is 4.10. The van der Waals surface area contributed by atoms with Crippen LogP contribution >= 0.6 is 0 Å². The third kappa shape index (κ3) is 4.07. The van der Waals surface area contributed by atoms with Crippen molar-refractivity contribution in [1.29, 1.82) is 5.26 Å². The van der Waals surface area contributed by atoms with Crippen molar-refractivity contribution >= 4 is 5.69 Å². The highest BCUT2D eigenvalue weighted by atomic mass is 19.1. The van der Waals surface area contributed by atoms with Gasteiger partial charge in [-0.2, -0.15) is 5.26 Å². The molecule has 0 aromatic heterocycles. The van der Waals surface area contributed by atoms with Crippen LogP contribution in [0.2, 0.25) is 0 Å². The van der Waals surface area contributed by atoms with Crippen molar-refractivity contribution < 1.29 is 4.39 Å². The van der Waals surface area contributed by atoms with Crippen LogP contribution in [0.15, 0.2) is 24.3 Å². The number of para-hydroxylation sites is 1. The van der Waals surface area contributed by atoms with Crippen LogP contribution in [0.25, 0.3) is 0 Å². The summed E-state index contributed by atoms with van der Waals surface area (Å²) in [5.41, 5.74) is -0.301. The number of nitrogens with one attached hydrogen (secondary N) is 1. The van der Waals surface area contributed by atoms with E-state index in [1.165, 1.54) is 6.07 Å². The molecule has 1 unspecified atom stereocenters. The van der Waals surface area contributed by atoms with Crippen molar-refractivity contribution in [2.24, 2.45) is 0 Å². The lowest BCUT2D eigenvalue weighted by Crippen LogP contribution is -2.33. The number of halogens is 1. The highest BCUT2D eigenvalue weighted by Crippen LogP contribution is 2.22. The number of nitriles is 1. The lowest BCUT2D eigenvalue weighted by molar-refractivity contribution is 0.532. The van der Waals surface area contributed by atoms with Gasteiger partial charge in [-0.15, -0.1) is 0 Å². The molecule has 1 aromatic carbocycles. The van der Waals surface area contributed by atoms with Crippen molar-refractivity contribution in [2.45, 2.75) is 45.1 Å². The molecule has 0 heterocycles. The number of hydrogen-bond donors (Lipinski definition) is 1. The van der Waals surface area contributed by atoms with Crippen LogP contribution in [-0.2, 0) is 0 Å². The first-order valence-corrected chi connectivity index (χ1v) is 6.05. The summed E-state index contributed by atoms with van der Waals surface area (Å²) >= 11 is 0. The van der Waals surface area contributed by atoms with Crippen LogP contribution in [0.4, 0.5) is 10.1 Å². The van der Waals surface area contributed by atoms with E-state index in [-0.39, 0.29) is 5.82 Å². The Morgan fingerprint density at radius 2 is 2.06 bits per heavy atom. The van der Waals surface area contributed by atoms with Gasteiger partial charge in [-0.25, -0.2) is 4.39 Å². The van der Waals surface area contributed by atoms with Gasteiger partial charge in [0.15, 0.2) is 0 Å². The standard InChI is InChI=1S/C14H19FN2/c1-3-4-7-10-14(2,11-16)17-13-9-6-5-8-12(13)15/h5-6,8-9,17H,3-4,7,10H2,1-2H3. The van der Waals surface area contributed by atoms with E-state index >= 15 is 0 Å². The smallest absolute Gasteiger partial charge is 0.146 e. The molecule has 0 bridgehead atoms. The van der Waals surface area contributed by atoms with Gasteiger partial charge in [-0.3, -0.25) is 0 Å². The number of nitrogens with zero attached hydrogens (tertiary/aromatic N) is 1. The monoisotopic (exact) mass is 234 g/mol. The number of hydrogen-bond acceptors (Lipinski definition) is 2. The third-order valence-corrected chi connectivity index (χ3v) is 2.81. The van der Waals surface area contributed by atoms with E-state index in [0.29, 0.717) is 5.69 Å². The summed E-state index contributed by atoms with van der Waals surface area (Å²) in [4.78, 5) is 0. The Morgan fingerprint density at radius 1 is 1.35 bits per heavy atom. The molecule has 0 saturated heterocycles. The Balaban J connectivity index is 2.69. The Labute approximate surface area is 102 Å². The first-order chi connectivity index (χ1) is 8.11. The zero-order valence-corrected chi connectivity index (χ0v) is 10.5. The SMILES string of the molecule is CCCCCC(C)(C#N)Nc1ccccc1F. The van der Waals surface area contributed by atoms with Gasteiger partial charge in [-0.05, 0) is 25.5 Å². The third-order valence-electron chi connectivity index (χ3n) is 2.81. The first kappa shape index (κ1) is 13.5. The zero-order valence-electron chi connectivity index (χ0n) is 10.5. The van der Waals surface area contributed by atoms with E-state index in [9.17, 15) is 9.65 Å². The van der Waals surface area contributed by atoms with E-state index in [2.05, 4.69) is 18.3 Å². The molecule has 0 aliphatic heterocycles. The lowest BCUT2D eigenvalue weighted by atomic mass is 9.95. The van der Waals surface area contributed by atoms with Gasteiger partial charge >= 0.3 is 0 Å². The Kier molecular flexibility index (Phi) is 4.96. The molecule has 1 aromatic rings. The average Bonchev–Trinajstić information content (AvgIpc) is 2.33. The highest BCUT2D eigenvalue weighted by molar-refractivity contribution is 5.48. The van der Waals surface area contributed by atoms with Gasteiger partial charge in [0.1, 0.15) is 11.4 Å². The van der Waals surface area contributed by atoms with Gasteiger partial charge in [0.05, 0.1) is 11.8 Å². The average molecular weight is 234 g/mol.